The third-order valence-electron chi connectivity index (χ3n) is 2.17. The summed E-state index contributed by atoms with van der Waals surface area (Å²) in [5, 5.41) is 2.04. The summed E-state index contributed by atoms with van der Waals surface area (Å²) in [4.78, 5) is 14.4. The van der Waals surface area contributed by atoms with Gasteiger partial charge in [-0.05, 0) is 45.1 Å². The fourth-order valence-electron chi connectivity index (χ4n) is 1.39. The van der Waals surface area contributed by atoms with Gasteiger partial charge < -0.3 is 4.90 Å². The van der Waals surface area contributed by atoms with E-state index in [9.17, 15) is 4.79 Å². The first-order valence-corrected chi connectivity index (χ1v) is 7.66. The van der Waals surface area contributed by atoms with E-state index in [1.54, 1.807) is 35.4 Å². The van der Waals surface area contributed by atoms with Crippen molar-refractivity contribution in [2.45, 2.75) is 6.54 Å². The second kappa shape index (κ2) is 5.52. The monoisotopic (exact) mass is 349 g/mol. The molecule has 0 spiro atoms. The van der Waals surface area contributed by atoms with Crippen LogP contribution in [0.3, 0.4) is 0 Å². The Kier molecular flexibility index (Phi) is 4.25. The van der Waals surface area contributed by atoms with Crippen LogP contribution in [0.4, 0.5) is 0 Å². The third-order valence-corrected chi connectivity index (χ3v) is 4.94. The first-order valence-electron chi connectivity index (χ1n) is 4.80. The number of carbonyl (C=O) groups excluding carboxylic acids is 1. The second-order valence-corrected chi connectivity index (χ2v) is 7.53. The number of hydrogen-bond donors (Lipinski definition) is 0. The van der Waals surface area contributed by atoms with E-state index in [1.807, 2.05) is 11.4 Å². The van der Waals surface area contributed by atoms with Crippen molar-refractivity contribution >= 4 is 56.1 Å². The number of hydrogen-bond acceptors (Lipinski definition) is 3. The van der Waals surface area contributed by atoms with Crippen molar-refractivity contribution in [3.8, 4) is 0 Å². The summed E-state index contributed by atoms with van der Waals surface area (Å²) in [6.07, 6.45) is 0. The van der Waals surface area contributed by atoms with Gasteiger partial charge in [0.2, 0.25) is 0 Å². The van der Waals surface area contributed by atoms with Gasteiger partial charge in [-0.2, -0.15) is 0 Å². The lowest BCUT2D eigenvalue weighted by Crippen LogP contribution is -2.25. The summed E-state index contributed by atoms with van der Waals surface area (Å²) in [6, 6.07) is 5.53. The van der Waals surface area contributed by atoms with Crippen molar-refractivity contribution in [1.82, 2.24) is 4.90 Å². The Bertz CT molecular complexity index is 537. The van der Waals surface area contributed by atoms with E-state index in [-0.39, 0.29) is 5.91 Å². The number of halogens is 2. The Morgan fingerprint density at radius 1 is 1.53 bits per heavy atom. The van der Waals surface area contributed by atoms with Gasteiger partial charge in [-0.15, -0.1) is 22.7 Å². The van der Waals surface area contributed by atoms with Gasteiger partial charge in [0.05, 0.1) is 13.0 Å². The van der Waals surface area contributed by atoms with E-state index in [0.29, 0.717) is 15.8 Å². The molecule has 90 valence electrons. The Hall–Kier alpha value is -0.360. The van der Waals surface area contributed by atoms with E-state index < -0.39 is 0 Å². The molecule has 0 aliphatic heterocycles. The van der Waals surface area contributed by atoms with Gasteiger partial charge in [0, 0.05) is 13.6 Å². The zero-order valence-electron chi connectivity index (χ0n) is 8.94. The molecule has 0 fully saturated rings. The predicted molar refractivity (Wildman–Crippen MR) is 77.1 cm³/mol. The van der Waals surface area contributed by atoms with Crippen LogP contribution in [0.15, 0.2) is 27.4 Å². The Balaban J connectivity index is 2.05. The minimum Gasteiger partial charge on any atom is -0.337 e. The highest BCUT2D eigenvalue weighted by Gasteiger charge is 2.14. The molecule has 2 aromatic heterocycles. The van der Waals surface area contributed by atoms with Gasteiger partial charge in [-0.1, -0.05) is 11.6 Å². The van der Waals surface area contributed by atoms with Crippen molar-refractivity contribution in [3.05, 3.63) is 42.1 Å². The first kappa shape index (κ1) is 13.1. The van der Waals surface area contributed by atoms with Crippen LogP contribution in [0, 0.1) is 0 Å². The van der Waals surface area contributed by atoms with E-state index in [0.717, 1.165) is 9.35 Å². The molecule has 6 heteroatoms. The van der Waals surface area contributed by atoms with E-state index in [4.69, 9.17) is 11.6 Å². The minimum atomic E-state index is 0.00391. The van der Waals surface area contributed by atoms with Crippen molar-refractivity contribution < 1.29 is 4.79 Å². The lowest BCUT2D eigenvalue weighted by molar-refractivity contribution is 0.0790. The quantitative estimate of drug-likeness (QED) is 0.798. The number of thiophene rings is 2. The van der Waals surface area contributed by atoms with Crippen LogP contribution < -0.4 is 0 Å². The molecule has 0 radical (unpaired) electrons. The summed E-state index contributed by atoms with van der Waals surface area (Å²) in [5.74, 6) is 0.00391. The van der Waals surface area contributed by atoms with Crippen LogP contribution in [0.5, 0.6) is 0 Å². The number of nitrogens with zero attached hydrogens (tertiary/aromatic N) is 1. The van der Waals surface area contributed by atoms with Crippen LogP contribution in [0.25, 0.3) is 0 Å². The molecular formula is C11H9BrClNOS2. The molecule has 0 N–H and O–H groups in total. The molecule has 2 nitrogen and oxygen atoms in total. The highest BCUT2D eigenvalue weighted by Crippen LogP contribution is 2.24. The molecule has 0 unspecified atom stereocenters. The van der Waals surface area contributed by atoms with Gasteiger partial charge >= 0.3 is 0 Å². The van der Waals surface area contributed by atoms with Crippen molar-refractivity contribution in [1.29, 1.82) is 0 Å². The summed E-state index contributed by atoms with van der Waals surface area (Å²) < 4.78 is 1.72. The van der Waals surface area contributed by atoms with Crippen LogP contribution in [0.2, 0.25) is 4.34 Å². The van der Waals surface area contributed by atoms with Crippen LogP contribution in [-0.2, 0) is 6.54 Å². The molecule has 1 amide bonds. The highest BCUT2D eigenvalue weighted by atomic mass is 79.9. The molecule has 0 aliphatic rings. The fraction of sp³-hybridized carbons (Fsp3) is 0.182. The van der Waals surface area contributed by atoms with Gasteiger partial charge in [-0.25, -0.2) is 0 Å². The smallest absolute Gasteiger partial charge is 0.264 e. The standard InChI is InChI=1S/C11H9BrClNOS2/c1-14(5-7-4-9(12)16-6-7)11(15)8-2-3-10(13)17-8/h2-4,6H,5H2,1H3. The van der Waals surface area contributed by atoms with Crippen molar-refractivity contribution in [3.63, 3.8) is 0 Å². The minimum absolute atomic E-state index is 0.00391. The average Bonchev–Trinajstić information content (AvgIpc) is 2.87. The molecule has 0 atom stereocenters. The number of carbonyl (C=O) groups is 1. The topological polar surface area (TPSA) is 20.3 Å². The molecule has 0 aromatic carbocycles. The normalized spacial score (nSPS) is 10.5. The zero-order chi connectivity index (χ0) is 12.4. The molecule has 2 rings (SSSR count). The number of amides is 1. The maximum absolute atomic E-state index is 12.0. The average molecular weight is 351 g/mol. The largest absolute Gasteiger partial charge is 0.337 e. The summed E-state index contributed by atoms with van der Waals surface area (Å²) >= 11 is 12.1. The van der Waals surface area contributed by atoms with Gasteiger partial charge in [0.15, 0.2) is 0 Å². The lowest BCUT2D eigenvalue weighted by Gasteiger charge is -2.15. The Morgan fingerprint density at radius 3 is 2.82 bits per heavy atom. The summed E-state index contributed by atoms with van der Waals surface area (Å²) in [6.45, 7) is 0.608. The molecule has 0 bridgehead atoms. The fourth-order valence-corrected chi connectivity index (χ4v) is 3.63. The third kappa shape index (κ3) is 3.31. The van der Waals surface area contributed by atoms with Crippen LogP contribution >= 0.6 is 50.2 Å². The molecule has 0 saturated heterocycles. The molecule has 17 heavy (non-hydrogen) atoms. The molecular weight excluding hydrogens is 342 g/mol. The van der Waals surface area contributed by atoms with E-state index in [1.165, 1.54) is 11.3 Å². The Labute approximate surface area is 121 Å². The van der Waals surface area contributed by atoms with E-state index >= 15 is 0 Å². The van der Waals surface area contributed by atoms with Gasteiger partial charge in [0.25, 0.3) is 5.91 Å². The predicted octanol–water partition coefficient (Wildman–Crippen LogP) is 4.50. The second-order valence-electron chi connectivity index (χ2n) is 3.52. The Morgan fingerprint density at radius 2 is 2.29 bits per heavy atom. The van der Waals surface area contributed by atoms with Crippen LogP contribution in [0.1, 0.15) is 15.2 Å². The maximum Gasteiger partial charge on any atom is 0.264 e. The number of rotatable bonds is 3. The SMILES string of the molecule is CN(Cc1csc(Br)c1)C(=O)c1ccc(Cl)s1. The van der Waals surface area contributed by atoms with Gasteiger partial charge in [-0.3, -0.25) is 4.79 Å². The molecule has 0 aliphatic carbocycles. The molecule has 2 heterocycles. The van der Waals surface area contributed by atoms with Crippen molar-refractivity contribution in [2.24, 2.45) is 0 Å². The lowest BCUT2D eigenvalue weighted by atomic mass is 10.3. The summed E-state index contributed by atoms with van der Waals surface area (Å²) in [7, 11) is 1.79. The molecule has 2 aromatic rings. The summed E-state index contributed by atoms with van der Waals surface area (Å²) in [5.41, 5.74) is 1.13. The maximum atomic E-state index is 12.0. The zero-order valence-corrected chi connectivity index (χ0v) is 12.9. The van der Waals surface area contributed by atoms with E-state index in [2.05, 4.69) is 15.9 Å². The molecule has 0 saturated carbocycles. The van der Waals surface area contributed by atoms with Gasteiger partial charge in [0.1, 0.15) is 0 Å². The van der Waals surface area contributed by atoms with Crippen molar-refractivity contribution in [2.75, 3.05) is 7.05 Å². The van der Waals surface area contributed by atoms with Crippen LogP contribution in [-0.4, -0.2) is 17.9 Å². The first-order chi connectivity index (χ1) is 8.06. The highest BCUT2D eigenvalue weighted by molar-refractivity contribution is 9.11.